The number of hydrogen-bond acceptors (Lipinski definition) is 3. The number of guanidine groups is 1. The van der Waals surface area contributed by atoms with Crippen LogP contribution in [0.15, 0.2) is 4.99 Å². The molecule has 4 aliphatic rings. The van der Waals surface area contributed by atoms with Crippen LogP contribution in [0.3, 0.4) is 0 Å². The molecule has 0 radical (unpaired) electrons. The number of hydrogen-bond donors (Lipinski definition) is 1. The molecule has 3 aliphatic heterocycles. The van der Waals surface area contributed by atoms with Gasteiger partial charge in [0.2, 0.25) is 0 Å². The summed E-state index contributed by atoms with van der Waals surface area (Å²) in [5, 5.41) is 0. The average Bonchev–Trinajstić information content (AvgIpc) is 3.21. The van der Waals surface area contributed by atoms with Crippen molar-refractivity contribution in [3.63, 3.8) is 0 Å². The molecule has 6 heteroatoms. The third-order valence-corrected chi connectivity index (χ3v) is 4.31. The molecule has 0 aromatic heterocycles. The summed E-state index contributed by atoms with van der Waals surface area (Å²) in [5.41, 5.74) is 6.02. The van der Waals surface area contributed by atoms with Gasteiger partial charge in [-0.25, -0.2) is 0 Å². The summed E-state index contributed by atoms with van der Waals surface area (Å²) in [6.45, 7) is 6.91. The predicted molar refractivity (Wildman–Crippen MR) is 84.5 cm³/mol. The molecule has 0 aromatic rings. The Morgan fingerprint density at radius 1 is 1.28 bits per heavy atom. The summed E-state index contributed by atoms with van der Waals surface area (Å²) in [6.07, 6.45) is 2.55. The summed E-state index contributed by atoms with van der Waals surface area (Å²) in [7, 11) is 2.06. The molecule has 4 fully saturated rings. The van der Waals surface area contributed by atoms with Crippen LogP contribution in [0.4, 0.5) is 0 Å². The Kier molecular flexibility index (Phi) is 4.71. The zero-order chi connectivity index (χ0) is 11.8. The number of halogens is 1. The first-order valence-corrected chi connectivity index (χ1v) is 6.73. The molecular weight excluding hydrogens is 341 g/mol. The van der Waals surface area contributed by atoms with E-state index in [4.69, 9.17) is 5.73 Å². The third kappa shape index (κ3) is 3.08. The van der Waals surface area contributed by atoms with Gasteiger partial charge in [0.1, 0.15) is 0 Å². The van der Waals surface area contributed by atoms with Crippen LogP contribution in [-0.4, -0.2) is 79.1 Å². The molecule has 0 spiro atoms. The van der Waals surface area contributed by atoms with Gasteiger partial charge in [-0.1, -0.05) is 0 Å². The van der Waals surface area contributed by atoms with Crippen molar-refractivity contribution >= 4 is 29.9 Å². The second kappa shape index (κ2) is 5.92. The van der Waals surface area contributed by atoms with Crippen molar-refractivity contribution in [2.24, 2.45) is 10.7 Å². The number of piperazine rings is 3. The van der Waals surface area contributed by atoms with Gasteiger partial charge in [-0.05, 0) is 12.8 Å². The minimum Gasteiger partial charge on any atom is -0.370 e. The second-order valence-corrected chi connectivity index (χ2v) is 5.53. The Morgan fingerprint density at radius 3 is 2.44 bits per heavy atom. The fourth-order valence-electron chi connectivity index (χ4n) is 2.86. The first-order valence-electron chi connectivity index (χ1n) is 6.73. The van der Waals surface area contributed by atoms with Crippen molar-refractivity contribution in [2.45, 2.75) is 24.9 Å². The highest BCUT2D eigenvalue weighted by Gasteiger charge is 2.32. The normalized spacial score (nSPS) is 35.2. The molecule has 2 N–H and O–H groups in total. The Morgan fingerprint density at radius 2 is 1.94 bits per heavy atom. The van der Waals surface area contributed by atoms with Crippen LogP contribution >= 0.6 is 24.0 Å². The number of fused-ring (bicyclic) bond motifs is 3. The summed E-state index contributed by atoms with van der Waals surface area (Å²) in [6, 6.07) is 1.24. The molecule has 1 aliphatic carbocycles. The molecule has 0 amide bonds. The first-order chi connectivity index (χ1) is 8.24. The highest BCUT2D eigenvalue weighted by atomic mass is 127. The molecule has 1 atom stereocenters. The van der Waals surface area contributed by atoms with Crippen LogP contribution in [0.5, 0.6) is 0 Å². The lowest BCUT2D eigenvalue weighted by atomic mass is 10.1. The van der Waals surface area contributed by atoms with Crippen LogP contribution < -0.4 is 5.73 Å². The highest BCUT2D eigenvalue weighted by molar-refractivity contribution is 14.0. The lowest BCUT2D eigenvalue weighted by Crippen LogP contribution is -2.61. The number of aliphatic imine (C=N–C) groups is 1. The quantitative estimate of drug-likeness (QED) is 0.435. The smallest absolute Gasteiger partial charge is 0.191 e. The molecule has 3 saturated heterocycles. The maximum absolute atomic E-state index is 6.02. The van der Waals surface area contributed by atoms with Crippen LogP contribution in [0, 0.1) is 0 Å². The molecule has 0 aromatic carbocycles. The van der Waals surface area contributed by atoms with E-state index in [1.54, 1.807) is 0 Å². The van der Waals surface area contributed by atoms with Crippen LogP contribution in [0.25, 0.3) is 0 Å². The Hall–Kier alpha value is -0.0800. The van der Waals surface area contributed by atoms with E-state index in [9.17, 15) is 0 Å². The van der Waals surface area contributed by atoms with Crippen LogP contribution in [0.2, 0.25) is 0 Å². The van der Waals surface area contributed by atoms with Crippen molar-refractivity contribution in [1.82, 2.24) is 14.7 Å². The van der Waals surface area contributed by atoms with Gasteiger partial charge < -0.3 is 10.6 Å². The van der Waals surface area contributed by atoms with E-state index in [0.717, 1.165) is 12.5 Å². The number of rotatable bonds is 3. The van der Waals surface area contributed by atoms with Gasteiger partial charge in [-0.2, -0.15) is 0 Å². The Bertz CT molecular complexity index is 310. The SMILES string of the molecule is CN(C(N)=NCC1CN2CCN1CC2)C1CC1.I. The van der Waals surface area contributed by atoms with Crippen molar-refractivity contribution < 1.29 is 0 Å². The van der Waals surface area contributed by atoms with E-state index >= 15 is 0 Å². The van der Waals surface area contributed by atoms with Crippen molar-refractivity contribution in [2.75, 3.05) is 46.3 Å². The largest absolute Gasteiger partial charge is 0.370 e. The van der Waals surface area contributed by atoms with Gasteiger partial charge in [0, 0.05) is 51.9 Å². The van der Waals surface area contributed by atoms with Crippen LogP contribution in [-0.2, 0) is 0 Å². The van der Waals surface area contributed by atoms with Gasteiger partial charge in [0.25, 0.3) is 0 Å². The lowest BCUT2D eigenvalue weighted by molar-refractivity contribution is 0.0173. The maximum atomic E-state index is 6.02. The molecule has 5 nitrogen and oxygen atoms in total. The summed E-state index contributed by atoms with van der Waals surface area (Å²) in [4.78, 5) is 11.8. The van der Waals surface area contributed by atoms with E-state index in [-0.39, 0.29) is 24.0 Å². The molecule has 1 saturated carbocycles. The Labute approximate surface area is 126 Å². The minimum absolute atomic E-state index is 0. The van der Waals surface area contributed by atoms with E-state index in [1.165, 1.54) is 45.6 Å². The molecule has 3 heterocycles. The van der Waals surface area contributed by atoms with E-state index in [2.05, 4.69) is 26.7 Å². The zero-order valence-electron chi connectivity index (χ0n) is 11.1. The van der Waals surface area contributed by atoms with E-state index < -0.39 is 0 Å². The molecular formula is C12H24IN5. The zero-order valence-corrected chi connectivity index (χ0v) is 13.4. The van der Waals surface area contributed by atoms with Gasteiger partial charge in [-0.15, -0.1) is 24.0 Å². The van der Waals surface area contributed by atoms with Gasteiger partial charge in [0.15, 0.2) is 5.96 Å². The van der Waals surface area contributed by atoms with Gasteiger partial charge in [0.05, 0.1) is 6.54 Å². The van der Waals surface area contributed by atoms with Crippen molar-refractivity contribution in [3.05, 3.63) is 0 Å². The van der Waals surface area contributed by atoms with E-state index in [0.29, 0.717) is 12.1 Å². The molecule has 18 heavy (non-hydrogen) atoms. The number of nitrogens with two attached hydrogens (primary N) is 1. The van der Waals surface area contributed by atoms with E-state index in [1.807, 2.05) is 0 Å². The lowest BCUT2D eigenvalue weighted by Gasteiger charge is -2.47. The van der Waals surface area contributed by atoms with Crippen LogP contribution in [0.1, 0.15) is 12.8 Å². The monoisotopic (exact) mass is 365 g/mol. The van der Waals surface area contributed by atoms with Gasteiger partial charge >= 0.3 is 0 Å². The van der Waals surface area contributed by atoms with Crippen molar-refractivity contribution in [3.8, 4) is 0 Å². The summed E-state index contributed by atoms with van der Waals surface area (Å²) in [5.74, 6) is 0.727. The fraction of sp³-hybridized carbons (Fsp3) is 0.917. The molecule has 4 rings (SSSR count). The first kappa shape index (κ1) is 14.3. The summed E-state index contributed by atoms with van der Waals surface area (Å²) < 4.78 is 0. The Balaban J connectivity index is 0.00000120. The third-order valence-electron chi connectivity index (χ3n) is 4.31. The molecule has 2 bridgehead atoms. The maximum Gasteiger partial charge on any atom is 0.191 e. The fourth-order valence-corrected chi connectivity index (χ4v) is 2.86. The highest BCUT2D eigenvalue weighted by Crippen LogP contribution is 2.25. The molecule has 104 valence electrons. The average molecular weight is 365 g/mol. The predicted octanol–water partition coefficient (Wildman–Crippen LogP) is 0.0131. The summed E-state index contributed by atoms with van der Waals surface area (Å²) >= 11 is 0. The number of nitrogens with zero attached hydrogens (tertiary/aromatic N) is 4. The molecule has 1 unspecified atom stereocenters. The topological polar surface area (TPSA) is 48.1 Å². The van der Waals surface area contributed by atoms with Gasteiger partial charge in [-0.3, -0.25) is 14.8 Å². The second-order valence-electron chi connectivity index (χ2n) is 5.53. The minimum atomic E-state index is 0. The standard InChI is InChI=1S/C12H23N5.HI/c1-15(10-2-3-10)12(13)14-8-11-9-16-4-6-17(11)7-5-16;/h10-11H,2-9H2,1H3,(H2,13,14);1H. The van der Waals surface area contributed by atoms with Crippen molar-refractivity contribution in [1.29, 1.82) is 0 Å².